The SMILES string of the molecule is Cc1n[nH]c(=S)c(C#N)c1C=Cc1ccccc1. The summed E-state index contributed by atoms with van der Waals surface area (Å²) in [7, 11) is 0. The van der Waals surface area contributed by atoms with E-state index in [1.165, 1.54) is 0 Å². The van der Waals surface area contributed by atoms with Crippen molar-refractivity contribution < 1.29 is 0 Å². The first kappa shape index (κ1) is 12.2. The lowest BCUT2D eigenvalue weighted by Gasteiger charge is -2.01. The van der Waals surface area contributed by atoms with Crippen LogP contribution >= 0.6 is 12.2 Å². The summed E-state index contributed by atoms with van der Waals surface area (Å²) < 4.78 is 0.371. The number of H-pyrrole nitrogens is 1. The number of aromatic nitrogens is 2. The number of aryl methyl sites for hydroxylation is 1. The zero-order valence-corrected chi connectivity index (χ0v) is 10.7. The molecule has 0 bridgehead atoms. The van der Waals surface area contributed by atoms with Crippen LogP contribution in [0.5, 0.6) is 0 Å². The van der Waals surface area contributed by atoms with Gasteiger partial charge in [0.05, 0.1) is 11.3 Å². The fourth-order valence-electron chi connectivity index (χ4n) is 1.61. The van der Waals surface area contributed by atoms with E-state index in [0.29, 0.717) is 10.2 Å². The van der Waals surface area contributed by atoms with Crippen molar-refractivity contribution in [3.8, 4) is 6.07 Å². The van der Waals surface area contributed by atoms with Gasteiger partial charge in [0.15, 0.2) is 0 Å². The lowest BCUT2D eigenvalue weighted by atomic mass is 10.1. The molecule has 0 saturated heterocycles. The predicted molar refractivity (Wildman–Crippen MR) is 74.2 cm³/mol. The summed E-state index contributed by atoms with van der Waals surface area (Å²) in [5, 5.41) is 15.9. The van der Waals surface area contributed by atoms with Crippen molar-refractivity contribution >= 4 is 24.4 Å². The average Bonchev–Trinajstić information content (AvgIpc) is 2.41. The van der Waals surface area contributed by atoms with Crippen molar-refractivity contribution in [1.82, 2.24) is 10.2 Å². The van der Waals surface area contributed by atoms with Crippen molar-refractivity contribution in [3.05, 3.63) is 57.4 Å². The minimum Gasteiger partial charge on any atom is -0.266 e. The Bertz CT molecular complexity index is 678. The van der Waals surface area contributed by atoms with E-state index in [-0.39, 0.29) is 0 Å². The van der Waals surface area contributed by atoms with Gasteiger partial charge in [-0.25, -0.2) is 0 Å². The molecule has 0 saturated carbocycles. The van der Waals surface area contributed by atoms with Gasteiger partial charge >= 0.3 is 0 Å². The van der Waals surface area contributed by atoms with E-state index in [1.807, 2.05) is 49.4 Å². The van der Waals surface area contributed by atoms with Crippen LogP contribution in [0.2, 0.25) is 0 Å². The van der Waals surface area contributed by atoms with Gasteiger partial charge in [-0.2, -0.15) is 10.4 Å². The highest BCUT2D eigenvalue weighted by molar-refractivity contribution is 7.71. The highest BCUT2D eigenvalue weighted by atomic mass is 32.1. The first-order valence-electron chi connectivity index (χ1n) is 5.45. The maximum Gasteiger partial charge on any atom is 0.138 e. The molecule has 1 aromatic heterocycles. The molecule has 0 amide bonds. The van der Waals surface area contributed by atoms with Gasteiger partial charge in [-0.1, -0.05) is 54.7 Å². The average molecular weight is 253 g/mol. The fraction of sp³-hybridized carbons (Fsp3) is 0.0714. The number of nitrogens with one attached hydrogen (secondary N) is 1. The molecule has 3 nitrogen and oxygen atoms in total. The number of benzene rings is 1. The van der Waals surface area contributed by atoms with Crippen molar-refractivity contribution in [2.75, 3.05) is 0 Å². The van der Waals surface area contributed by atoms with Crippen LogP contribution in [0.1, 0.15) is 22.4 Å². The van der Waals surface area contributed by atoms with E-state index >= 15 is 0 Å². The summed E-state index contributed by atoms with van der Waals surface area (Å²) in [6.45, 7) is 1.84. The summed E-state index contributed by atoms with van der Waals surface area (Å²) in [6.07, 6.45) is 3.82. The Morgan fingerprint density at radius 1 is 1.28 bits per heavy atom. The van der Waals surface area contributed by atoms with Gasteiger partial charge in [0, 0.05) is 5.56 Å². The van der Waals surface area contributed by atoms with E-state index < -0.39 is 0 Å². The molecule has 1 heterocycles. The van der Waals surface area contributed by atoms with Gasteiger partial charge in [-0.3, -0.25) is 5.10 Å². The molecule has 1 aromatic carbocycles. The molecule has 88 valence electrons. The van der Waals surface area contributed by atoms with E-state index in [1.54, 1.807) is 0 Å². The number of hydrogen-bond donors (Lipinski definition) is 1. The van der Waals surface area contributed by atoms with Crippen LogP contribution in [0.3, 0.4) is 0 Å². The zero-order valence-electron chi connectivity index (χ0n) is 9.84. The molecule has 0 unspecified atom stereocenters. The quantitative estimate of drug-likeness (QED) is 0.833. The van der Waals surface area contributed by atoms with Gasteiger partial charge in [-0.15, -0.1) is 0 Å². The van der Waals surface area contributed by atoms with E-state index in [9.17, 15) is 0 Å². The Balaban J connectivity index is 2.47. The molecule has 18 heavy (non-hydrogen) atoms. The molecule has 0 aliphatic rings. The molecular formula is C14H11N3S. The molecule has 2 rings (SSSR count). The number of nitriles is 1. The Kier molecular flexibility index (Phi) is 3.66. The predicted octanol–water partition coefficient (Wildman–Crippen LogP) is 3.49. The summed E-state index contributed by atoms with van der Waals surface area (Å²) in [6, 6.07) is 12.0. The third-order valence-electron chi connectivity index (χ3n) is 2.57. The molecule has 0 aliphatic heterocycles. The van der Waals surface area contributed by atoms with Gasteiger partial charge in [0.25, 0.3) is 0 Å². The molecule has 0 radical (unpaired) electrons. The number of rotatable bonds is 2. The van der Waals surface area contributed by atoms with Crippen LogP contribution in [0.4, 0.5) is 0 Å². The lowest BCUT2D eigenvalue weighted by Crippen LogP contribution is -1.96. The largest absolute Gasteiger partial charge is 0.266 e. The van der Waals surface area contributed by atoms with Crippen LogP contribution < -0.4 is 0 Å². The molecular weight excluding hydrogens is 242 g/mol. The van der Waals surface area contributed by atoms with Gasteiger partial charge in [-0.05, 0) is 12.5 Å². The molecule has 4 heteroatoms. The smallest absolute Gasteiger partial charge is 0.138 e. The zero-order chi connectivity index (χ0) is 13.0. The van der Waals surface area contributed by atoms with Gasteiger partial charge in [0.1, 0.15) is 10.7 Å². The Morgan fingerprint density at radius 2 is 2.00 bits per heavy atom. The van der Waals surface area contributed by atoms with Crippen molar-refractivity contribution in [1.29, 1.82) is 5.26 Å². The second-order valence-corrected chi connectivity index (χ2v) is 4.19. The highest BCUT2D eigenvalue weighted by Gasteiger charge is 2.05. The minimum atomic E-state index is 0.371. The normalized spacial score (nSPS) is 10.4. The first-order valence-corrected chi connectivity index (χ1v) is 5.85. The Labute approximate surface area is 110 Å². The maximum absolute atomic E-state index is 9.12. The topological polar surface area (TPSA) is 52.5 Å². The van der Waals surface area contributed by atoms with E-state index in [2.05, 4.69) is 16.3 Å². The summed E-state index contributed by atoms with van der Waals surface area (Å²) in [5.41, 5.74) is 3.06. The Hall–Kier alpha value is -2.25. The van der Waals surface area contributed by atoms with E-state index in [0.717, 1.165) is 16.8 Å². The maximum atomic E-state index is 9.12. The van der Waals surface area contributed by atoms with Gasteiger partial charge in [0.2, 0.25) is 0 Å². The second-order valence-electron chi connectivity index (χ2n) is 3.78. The first-order chi connectivity index (χ1) is 8.72. The van der Waals surface area contributed by atoms with Crippen molar-refractivity contribution in [2.45, 2.75) is 6.92 Å². The third kappa shape index (κ3) is 2.53. The van der Waals surface area contributed by atoms with Crippen molar-refractivity contribution in [2.24, 2.45) is 0 Å². The molecule has 2 aromatic rings. The third-order valence-corrected chi connectivity index (χ3v) is 2.86. The molecule has 0 spiro atoms. The monoisotopic (exact) mass is 253 g/mol. The minimum absolute atomic E-state index is 0.371. The standard InChI is InChI=1S/C14H11N3S/c1-10-12(13(9-15)14(18)17-16-10)8-7-11-5-3-2-4-6-11/h2-8H,1H3,(H,17,18). The second kappa shape index (κ2) is 5.39. The summed E-state index contributed by atoms with van der Waals surface area (Å²) in [4.78, 5) is 0. The van der Waals surface area contributed by atoms with Crippen LogP contribution in [-0.4, -0.2) is 10.2 Å². The summed E-state index contributed by atoms with van der Waals surface area (Å²) in [5.74, 6) is 0. The van der Waals surface area contributed by atoms with E-state index in [4.69, 9.17) is 17.5 Å². The fourth-order valence-corrected chi connectivity index (χ4v) is 1.81. The van der Waals surface area contributed by atoms with Gasteiger partial charge < -0.3 is 0 Å². The van der Waals surface area contributed by atoms with Crippen LogP contribution in [-0.2, 0) is 0 Å². The molecule has 0 fully saturated rings. The number of nitrogens with zero attached hydrogens (tertiary/aromatic N) is 2. The summed E-state index contributed by atoms with van der Waals surface area (Å²) >= 11 is 5.05. The number of hydrogen-bond acceptors (Lipinski definition) is 3. The molecule has 0 atom stereocenters. The number of aromatic amines is 1. The van der Waals surface area contributed by atoms with Crippen LogP contribution in [0.15, 0.2) is 30.3 Å². The molecule has 0 aliphatic carbocycles. The Morgan fingerprint density at radius 3 is 2.67 bits per heavy atom. The van der Waals surface area contributed by atoms with Crippen LogP contribution in [0.25, 0.3) is 12.2 Å². The lowest BCUT2D eigenvalue weighted by molar-refractivity contribution is 0.957. The van der Waals surface area contributed by atoms with Crippen molar-refractivity contribution in [3.63, 3.8) is 0 Å². The highest BCUT2D eigenvalue weighted by Crippen LogP contribution is 2.15. The van der Waals surface area contributed by atoms with Crippen LogP contribution in [0, 0.1) is 22.9 Å². The molecule has 1 N–H and O–H groups in total.